The van der Waals surface area contributed by atoms with Gasteiger partial charge >= 0.3 is 0 Å². The van der Waals surface area contributed by atoms with Gasteiger partial charge in [-0.2, -0.15) is 4.39 Å². The van der Waals surface area contributed by atoms with Crippen LogP contribution in [0.3, 0.4) is 0 Å². The van der Waals surface area contributed by atoms with Crippen molar-refractivity contribution in [3.8, 4) is 17.0 Å². The first kappa shape index (κ1) is 33.1. The SMILES string of the molecule is CCc1cc(Nc2nccn3c(-c4ccc(OC)c(F)c4F)cnc23)ccc1C(=O)N[C@@H]1CCN(C(=O)[C@@H](N)CCCN=C(N)N)C1. The van der Waals surface area contributed by atoms with Gasteiger partial charge in [-0.1, -0.05) is 6.92 Å². The van der Waals surface area contributed by atoms with Crippen molar-refractivity contribution in [1.82, 2.24) is 24.6 Å². The first-order chi connectivity index (χ1) is 22.6. The Kier molecular flexibility index (Phi) is 10.1. The molecule has 3 heterocycles. The minimum atomic E-state index is -1.08. The van der Waals surface area contributed by atoms with Crippen LogP contribution in [-0.4, -0.2) is 75.9 Å². The number of ether oxygens (including phenoxy) is 1. The fourth-order valence-corrected chi connectivity index (χ4v) is 5.63. The van der Waals surface area contributed by atoms with Crippen LogP contribution in [0.2, 0.25) is 0 Å². The summed E-state index contributed by atoms with van der Waals surface area (Å²) in [5, 5.41) is 6.29. The monoisotopic (exact) mass is 648 g/mol. The van der Waals surface area contributed by atoms with Crippen molar-refractivity contribution in [1.29, 1.82) is 0 Å². The maximum atomic E-state index is 14.9. The first-order valence-electron chi connectivity index (χ1n) is 15.3. The molecule has 15 heteroatoms. The average Bonchev–Trinajstić information content (AvgIpc) is 3.71. The Bertz CT molecular complexity index is 1810. The summed E-state index contributed by atoms with van der Waals surface area (Å²) in [5.41, 5.74) is 19.5. The number of aliphatic imine (C=N–C) groups is 1. The molecular formula is C32H38F2N10O3. The fraction of sp³-hybridized carbons (Fsp3) is 0.344. The quantitative estimate of drug-likeness (QED) is 0.0873. The summed E-state index contributed by atoms with van der Waals surface area (Å²) in [6.07, 6.45) is 6.81. The number of nitrogens with zero attached hydrogens (tertiary/aromatic N) is 5. The fourth-order valence-electron chi connectivity index (χ4n) is 5.63. The Hall–Kier alpha value is -5.31. The number of halogens is 2. The lowest BCUT2D eigenvalue weighted by Crippen LogP contribution is -2.44. The van der Waals surface area contributed by atoms with E-state index in [1.54, 1.807) is 27.6 Å². The second-order valence-electron chi connectivity index (χ2n) is 11.2. The molecule has 5 rings (SSSR count). The second-order valence-corrected chi connectivity index (χ2v) is 11.2. The predicted octanol–water partition coefficient (Wildman–Crippen LogP) is 2.70. The molecule has 8 N–H and O–H groups in total. The Morgan fingerprint density at radius 3 is 2.72 bits per heavy atom. The van der Waals surface area contributed by atoms with E-state index in [0.29, 0.717) is 73.7 Å². The van der Waals surface area contributed by atoms with Crippen molar-refractivity contribution < 1.29 is 23.1 Å². The van der Waals surface area contributed by atoms with E-state index < -0.39 is 17.7 Å². The lowest BCUT2D eigenvalue weighted by molar-refractivity contribution is -0.131. The van der Waals surface area contributed by atoms with Gasteiger partial charge < -0.3 is 37.5 Å². The molecule has 2 aromatic heterocycles. The van der Waals surface area contributed by atoms with Crippen LogP contribution in [-0.2, 0) is 11.2 Å². The third kappa shape index (κ3) is 7.25. The van der Waals surface area contributed by atoms with Gasteiger partial charge in [0.15, 0.2) is 29.0 Å². The normalized spacial score (nSPS) is 15.0. The lowest BCUT2D eigenvalue weighted by Gasteiger charge is -2.21. The van der Waals surface area contributed by atoms with Crippen molar-refractivity contribution >= 4 is 34.9 Å². The number of anilines is 2. The molecule has 0 bridgehead atoms. The summed E-state index contributed by atoms with van der Waals surface area (Å²) in [7, 11) is 1.27. The highest BCUT2D eigenvalue weighted by molar-refractivity contribution is 5.96. The number of carbonyl (C=O) groups excluding carboxylic acids is 2. The number of carbonyl (C=O) groups is 2. The maximum Gasteiger partial charge on any atom is 0.251 e. The number of nitrogens with one attached hydrogen (secondary N) is 2. The molecule has 1 fully saturated rings. The molecule has 2 atom stereocenters. The molecule has 2 aromatic carbocycles. The number of hydrogen-bond acceptors (Lipinski definition) is 8. The summed E-state index contributed by atoms with van der Waals surface area (Å²) in [4.78, 5) is 40.5. The van der Waals surface area contributed by atoms with Gasteiger partial charge in [0.05, 0.1) is 25.0 Å². The number of hydrogen-bond donors (Lipinski definition) is 5. The van der Waals surface area contributed by atoms with Gasteiger partial charge in [0, 0.05) is 54.9 Å². The molecule has 248 valence electrons. The number of nitrogens with two attached hydrogens (primary N) is 3. The van der Waals surface area contributed by atoms with E-state index in [2.05, 4.69) is 25.6 Å². The van der Waals surface area contributed by atoms with Gasteiger partial charge in [-0.15, -0.1) is 0 Å². The Morgan fingerprint density at radius 1 is 1.17 bits per heavy atom. The third-order valence-corrected chi connectivity index (χ3v) is 8.08. The molecule has 13 nitrogen and oxygen atoms in total. The summed E-state index contributed by atoms with van der Waals surface area (Å²) in [6, 6.07) is 7.26. The Balaban J connectivity index is 1.25. The van der Waals surface area contributed by atoms with Crippen LogP contribution in [0.1, 0.15) is 42.1 Å². The maximum absolute atomic E-state index is 14.9. The van der Waals surface area contributed by atoms with Crippen LogP contribution in [0.4, 0.5) is 20.3 Å². The number of guanidine groups is 1. The average molecular weight is 649 g/mol. The van der Waals surface area contributed by atoms with E-state index >= 15 is 0 Å². The van der Waals surface area contributed by atoms with Crippen molar-refractivity contribution in [2.24, 2.45) is 22.2 Å². The molecule has 0 aliphatic carbocycles. The number of imidazole rings is 1. The zero-order chi connectivity index (χ0) is 33.7. The summed E-state index contributed by atoms with van der Waals surface area (Å²) < 4.78 is 35.8. The van der Waals surface area contributed by atoms with E-state index in [1.165, 1.54) is 31.6 Å². The summed E-state index contributed by atoms with van der Waals surface area (Å²) >= 11 is 0. The van der Waals surface area contributed by atoms with Gasteiger partial charge in [-0.25, -0.2) is 14.4 Å². The van der Waals surface area contributed by atoms with Crippen LogP contribution >= 0.6 is 0 Å². The van der Waals surface area contributed by atoms with E-state index in [4.69, 9.17) is 21.9 Å². The molecule has 0 spiro atoms. The standard InChI is InChI=1S/C32H38F2N10O3/c1-3-18-15-19(41-28-29-40-16-24(44(29)14-12-38-28)22-8-9-25(47-2)27(34)26(22)33)6-7-21(18)30(45)42-20-10-13-43(17-20)31(46)23(35)5-4-11-39-32(36)37/h6-9,12,14-16,20,23H,3-5,10-11,13,17,35H2,1-2H3,(H,38,41)(H,42,45)(H4,36,37,39)/t20-,23+/m1/s1. The highest BCUT2D eigenvalue weighted by Crippen LogP contribution is 2.31. The summed E-state index contributed by atoms with van der Waals surface area (Å²) in [6.45, 7) is 3.23. The van der Waals surface area contributed by atoms with Crippen LogP contribution < -0.4 is 32.6 Å². The number of methoxy groups -OCH3 is 1. The molecule has 0 unspecified atom stereocenters. The van der Waals surface area contributed by atoms with Gasteiger partial charge in [0.1, 0.15) is 0 Å². The van der Waals surface area contributed by atoms with Gasteiger partial charge in [0.2, 0.25) is 11.7 Å². The van der Waals surface area contributed by atoms with E-state index in [9.17, 15) is 18.4 Å². The van der Waals surface area contributed by atoms with Crippen LogP contribution in [0.25, 0.3) is 16.9 Å². The second kappa shape index (κ2) is 14.4. The first-order valence-corrected chi connectivity index (χ1v) is 15.3. The Labute approximate surface area is 270 Å². The van der Waals surface area contributed by atoms with Gasteiger partial charge in [-0.05, 0) is 61.6 Å². The van der Waals surface area contributed by atoms with E-state index in [1.807, 2.05) is 13.0 Å². The molecule has 0 saturated carbocycles. The molecular weight excluding hydrogens is 610 g/mol. The topological polar surface area (TPSA) is 191 Å². The summed E-state index contributed by atoms with van der Waals surface area (Å²) in [5.74, 6) is -2.33. The molecule has 1 saturated heterocycles. The third-order valence-electron chi connectivity index (χ3n) is 8.08. The van der Waals surface area contributed by atoms with Crippen molar-refractivity contribution in [3.63, 3.8) is 0 Å². The van der Waals surface area contributed by atoms with Crippen molar-refractivity contribution in [2.45, 2.75) is 44.7 Å². The highest BCUT2D eigenvalue weighted by atomic mass is 19.2. The minimum Gasteiger partial charge on any atom is -0.494 e. The van der Waals surface area contributed by atoms with E-state index in [-0.39, 0.29) is 35.1 Å². The molecule has 1 aliphatic rings. The smallest absolute Gasteiger partial charge is 0.251 e. The van der Waals surface area contributed by atoms with Gasteiger partial charge in [-0.3, -0.25) is 19.0 Å². The molecule has 47 heavy (non-hydrogen) atoms. The molecule has 0 radical (unpaired) electrons. The Morgan fingerprint density at radius 2 is 1.98 bits per heavy atom. The zero-order valence-electron chi connectivity index (χ0n) is 26.2. The van der Waals surface area contributed by atoms with Crippen LogP contribution in [0.15, 0.2) is 53.9 Å². The number of amides is 2. The largest absolute Gasteiger partial charge is 0.494 e. The van der Waals surface area contributed by atoms with E-state index in [0.717, 1.165) is 5.56 Å². The number of aromatic nitrogens is 3. The zero-order valence-corrected chi connectivity index (χ0v) is 26.2. The number of fused-ring (bicyclic) bond motifs is 1. The minimum absolute atomic E-state index is 0.00222. The predicted molar refractivity (Wildman–Crippen MR) is 174 cm³/mol. The highest BCUT2D eigenvalue weighted by Gasteiger charge is 2.30. The molecule has 2 amide bonds. The number of benzene rings is 2. The molecule has 1 aliphatic heterocycles. The van der Waals surface area contributed by atoms with Crippen molar-refractivity contribution in [2.75, 3.05) is 32.1 Å². The lowest BCUT2D eigenvalue weighted by atomic mass is 10.0. The van der Waals surface area contributed by atoms with Crippen LogP contribution in [0.5, 0.6) is 5.75 Å². The number of likely N-dealkylation sites (tertiary alicyclic amines) is 1. The number of aryl methyl sites for hydroxylation is 1. The van der Waals surface area contributed by atoms with Gasteiger partial charge in [0.25, 0.3) is 5.91 Å². The van der Waals surface area contributed by atoms with Crippen molar-refractivity contribution in [3.05, 3.63) is 71.7 Å². The van der Waals surface area contributed by atoms with Crippen LogP contribution in [0, 0.1) is 11.6 Å². The molecule has 4 aromatic rings. The number of rotatable bonds is 12.